The Labute approximate surface area is 176 Å². The molecule has 0 saturated carbocycles. The summed E-state index contributed by atoms with van der Waals surface area (Å²) >= 11 is 0. The molecule has 0 aliphatic heterocycles. The Balaban J connectivity index is 2.40. The lowest BCUT2D eigenvalue weighted by molar-refractivity contribution is -0.00414. The van der Waals surface area contributed by atoms with Crippen LogP contribution >= 0.6 is 0 Å². The molecule has 2 aromatic rings. The van der Waals surface area contributed by atoms with Gasteiger partial charge in [0, 0.05) is 12.0 Å². The zero-order valence-electron chi connectivity index (χ0n) is 18.0. The van der Waals surface area contributed by atoms with E-state index in [2.05, 4.69) is 69.3 Å². The summed E-state index contributed by atoms with van der Waals surface area (Å²) in [6.07, 6.45) is 2.16. The van der Waals surface area contributed by atoms with Crippen LogP contribution in [0.5, 0.6) is 0 Å². The fraction of sp³-hybridized carbons (Fsp3) is 0.500. The predicted molar refractivity (Wildman–Crippen MR) is 121 cm³/mol. The van der Waals surface area contributed by atoms with Crippen molar-refractivity contribution in [2.75, 3.05) is 26.4 Å². The molecule has 160 valence electrons. The lowest BCUT2D eigenvalue weighted by Crippen LogP contribution is -2.67. The van der Waals surface area contributed by atoms with Gasteiger partial charge in [-0.15, -0.1) is 0 Å². The van der Waals surface area contributed by atoms with E-state index in [9.17, 15) is 15.3 Å². The third-order valence-corrected chi connectivity index (χ3v) is 11.6. The molecule has 29 heavy (non-hydrogen) atoms. The van der Waals surface area contributed by atoms with Crippen LogP contribution < -0.4 is 10.4 Å². The number of hydrogen-bond donors (Lipinski definition) is 3. The van der Waals surface area contributed by atoms with Crippen molar-refractivity contribution in [2.45, 2.75) is 45.1 Å². The summed E-state index contributed by atoms with van der Waals surface area (Å²) in [4.78, 5) is 0. The number of benzene rings is 2. The molecule has 0 saturated heterocycles. The Morgan fingerprint density at radius 1 is 0.793 bits per heavy atom. The smallest absolute Gasteiger partial charge is 0.261 e. The third kappa shape index (κ3) is 4.98. The lowest BCUT2D eigenvalue weighted by Gasteiger charge is -2.45. The Morgan fingerprint density at radius 2 is 1.24 bits per heavy atom. The highest BCUT2D eigenvalue weighted by molar-refractivity contribution is 6.99. The molecule has 0 aromatic heterocycles. The zero-order chi connectivity index (χ0) is 21.4. The van der Waals surface area contributed by atoms with Crippen molar-refractivity contribution < 1.29 is 19.7 Å². The number of aliphatic hydroxyl groups excluding tert-OH is 3. The molecule has 0 spiro atoms. The molecular weight excluding hydrogens is 380 g/mol. The summed E-state index contributed by atoms with van der Waals surface area (Å²) in [5, 5.41) is 31.3. The molecule has 0 aliphatic carbocycles. The van der Waals surface area contributed by atoms with E-state index in [1.165, 1.54) is 10.4 Å². The molecule has 3 N–H and O–H groups in total. The van der Waals surface area contributed by atoms with Crippen molar-refractivity contribution in [3.8, 4) is 0 Å². The Morgan fingerprint density at radius 3 is 1.62 bits per heavy atom. The first-order chi connectivity index (χ1) is 13.9. The highest BCUT2D eigenvalue weighted by Crippen LogP contribution is 2.41. The highest BCUT2D eigenvalue weighted by atomic mass is 28.4. The quantitative estimate of drug-likeness (QED) is 0.368. The molecule has 0 heterocycles. The van der Waals surface area contributed by atoms with Gasteiger partial charge in [0.05, 0.1) is 19.8 Å². The molecular formula is C24H36O4Si. The largest absolute Gasteiger partial charge is 0.407 e. The minimum Gasteiger partial charge on any atom is -0.407 e. The number of aliphatic hydroxyl groups is 3. The average molecular weight is 417 g/mol. The summed E-state index contributed by atoms with van der Waals surface area (Å²) in [6.45, 7) is 6.60. The van der Waals surface area contributed by atoms with Gasteiger partial charge in [0.15, 0.2) is 0 Å². The van der Waals surface area contributed by atoms with E-state index in [0.717, 1.165) is 6.42 Å². The van der Waals surface area contributed by atoms with Gasteiger partial charge in [0.1, 0.15) is 0 Å². The van der Waals surface area contributed by atoms with Gasteiger partial charge >= 0.3 is 0 Å². The van der Waals surface area contributed by atoms with Crippen molar-refractivity contribution in [1.82, 2.24) is 0 Å². The summed E-state index contributed by atoms with van der Waals surface area (Å²) in [5.74, 6) is 0. The van der Waals surface area contributed by atoms with Crippen molar-refractivity contribution in [2.24, 2.45) is 5.41 Å². The van der Waals surface area contributed by atoms with Crippen LogP contribution in [0.1, 0.15) is 40.0 Å². The lowest BCUT2D eigenvalue weighted by atomic mass is 9.86. The standard InChI is InChI=1S/C24H36O4Si/c1-4-23(2,3)29(21-12-7-5-8-13-21,22-14-9-6-10-15-22)28-17-11-16-24(18-25,19-26)20-27/h5-10,12-15,25-27H,4,11,16-20H2,1-3H3. The molecule has 2 aromatic carbocycles. The van der Waals surface area contributed by atoms with Gasteiger partial charge in [-0.25, -0.2) is 0 Å². The fourth-order valence-electron chi connectivity index (χ4n) is 3.96. The molecule has 0 bridgehead atoms. The molecule has 5 heteroatoms. The summed E-state index contributed by atoms with van der Waals surface area (Å²) in [5.41, 5.74) is -0.854. The maximum atomic E-state index is 9.61. The Hall–Kier alpha value is -1.50. The summed E-state index contributed by atoms with van der Waals surface area (Å²) in [6, 6.07) is 21.1. The van der Waals surface area contributed by atoms with Crippen LogP contribution in [-0.4, -0.2) is 50.1 Å². The average Bonchev–Trinajstić information content (AvgIpc) is 2.78. The molecule has 0 fully saturated rings. The van der Waals surface area contributed by atoms with Crippen molar-refractivity contribution in [3.63, 3.8) is 0 Å². The number of rotatable bonds is 12. The first kappa shape index (κ1) is 23.8. The van der Waals surface area contributed by atoms with Gasteiger partial charge in [0.25, 0.3) is 8.32 Å². The first-order valence-corrected chi connectivity index (χ1v) is 12.4. The second kappa shape index (κ2) is 10.5. The zero-order valence-corrected chi connectivity index (χ0v) is 19.0. The van der Waals surface area contributed by atoms with E-state index < -0.39 is 13.7 Å². The second-order valence-corrected chi connectivity index (χ2v) is 12.7. The fourth-order valence-corrected chi connectivity index (χ4v) is 8.86. The molecule has 4 nitrogen and oxygen atoms in total. The van der Waals surface area contributed by atoms with Crippen molar-refractivity contribution in [3.05, 3.63) is 60.7 Å². The normalized spacial score (nSPS) is 12.9. The first-order valence-electron chi connectivity index (χ1n) is 10.5. The third-order valence-electron chi connectivity index (χ3n) is 6.37. The van der Waals surface area contributed by atoms with Crippen molar-refractivity contribution in [1.29, 1.82) is 0 Å². The second-order valence-electron chi connectivity index (χ2n) is 8.58. The van der Waals surface area contributed by atoms with Gasteiger partial charge < -0.3 is 19.7 Å². The predicted octanol–water partition coefficient (Wildman–Crippen LogP) is 2.70. The maximum Gasteiger partial charge on any atom is 0.261 e. The monoisotopic (exact) mass is 416 g/mol. The minimum atomic E-state index is -2.59. The summed E-state index contributed by atoms with van der Waals surface area (Å²) < 4.78 is 6.88. The molecule has 2 rings (SSSR count). The van der Waals surface area contributed by atoms with Gasteiger partial charge in [-0.1, -0.05) is 87.9 Å². The maximum absolute atomic E-state index is 9.61. The van der Waals surface area contributed by atoms with Crippen LogP contribution in [0.2, 0.25) is 5.04 Å². The van der Waals surface area contributed by atoms with Crippen LogP contribution in [0.4, 0.5) is 0 Å². The summed E-state index contributed by atoms with van der Waals surface area (Å²) in [7, 11) is -2.59. The topological polar surface area (TPSA) is 69.9 Å². The Bertz CT molecular complexity index is 666. The molecule has 0 amide bonds. The highest BCUT2D eigenvalue weighted by Gasteiger charge is 2.51. The van der Waals surface area contributed by atoms with Gasteiger partial charge in [-0.05, 0) is 28.3 Å². The molecule has 0 unspecified atom stereocenters. The van der Waals surface area contributed by atoms with E-state index in [1.54, 1.807) is 0 Å². The van der Waals surface area contributed by atoms with Crippen LogP contribution in [0.25, 0.3) is 0 Å². The van der Waals surface area contributed by atoms with Gasteiger partial charge in [0.2, 0.25) is 0 Å². The number of hydrogen-bond acceptors (Lipinski definition) is 4. The molecule has 0 radical (unpaired) electrons. The van der Waals surface area contributed by atoms with E-state index in [4.69, 9.17) is 4.43 Å². The van der Waals surface area contributed by atoms with Crippen LogP contribution in [0.3, 0.4) is 0 Å². The minimum absolute atomic E-state index is 0.0439. The van der Waals surface area contributed by atoms with E-state index in [0.29, 0.717) is 19.4 Å². The van der Waals surface area contributed by atoms with Gasteiger partial charge in [-0.3, -0.25) is 0 Å². The van der Waals surface area contributed by atoms with E-state index in [1.807, 2.05) is 12.1 Å². The molecule has 0 aliphatic rings. The van der Waals surface area contributed by atoms with E-state index >= 15 is 0 Å². The Kier molecular flexibility index (Phi) is 8.61. The van der Waals surface area contributed by atoms with Crippen molar-refractivity contribution >= 4 is 18.7 Å². The van der Waals surface area contributed by atoms with E-state index in [-0.39, 0.29) is 24.9 Å². The van der Waals surface area contributed by atoms with Gasteiger partial charge in [-0.2, -0.15) is 0 Å². The molecule has 0 atom stereocenters. The van der Waals surface area contributed by atoms with Crippen LogP contribution in [0, 0.1) is 5.41 Å². The van der Waals surface area contributed by atoms with Crippen LogP contribution in [0.15, 0.2) is 60.7 Å². The van der Waals surface area contributed by atoms with Crippen LogP contribution in [-0.2, 0) is 4.43 Å². The SMILES string of the molecule is CCC(C)(C)[Si](OCCCC(CO)(CO)CO)(c1ccccc1)c1ccccc1.